The van der Waals surface area contributed by atoms with Gasteiger partial charge in [0.25, 0.3) is 11.8 Å². The third kappa shape index (κ3) is 3.39. The van der Waals surface area contributed by atoms with Gasteiger partial charge in [-0.3, -0.25) is 9.59 Å². The molecule has 2 amide bonds. The van der Waals surface area contributed by atoms with Gasteiger partial charge in [0.1, 0.15) is 0 Å². The van der Waals surface area contributed by atoms with Gasteiger partial charge in [-0.15, -0.1) is 0 Å². The quantitative estimate of drug-likeness (QED) is 0.566. The lowest BCUT2D eigenvalue weighted by Crippen LogP contribution is -2.31. The Kier molecular flexibility index (Phi) is 4.88. The minimum atomic E-state index is -0.281. The number of amides is 2. The third-order valence-electron chi connectivity index (χ3n) is 4.64. The predicted octanol–water partition coefficient (Wildman–Crippen LogP) is 5.38. The molecule has 138 valence electrons. The van der Waals surface area contributed by atoms with Crippen molar-refractivity contribution in [2.75, 3.05) is 4.90 Å². The van der Waals surface area contributed by atoms with Gasteiger partial charge in [-0.1, -0.05) is 77.5 Å². The molecule has 0 bridgehead atoms. The summed E-state index contributed by atoms with van der Waals surface area (Å²) in [5, 5.41) is 0. The van der Waals surface area contributed by atoms with Crippen molar-refractivity contribution in [2.24, 2.45) is 0 Å². The molecule has 0 unspecified atom stereocenters. The van der Waals surface area contributed by atoms with Crippen LogP contribution in [0.2, 0.25) is 0 Å². The molecular formula is C24H19NO2S. The molecule has 0 aliphatic carbocycles. The normalized spacial score (nSPS) is 14.1. The Morgan fingerprint density at radius 2 is 1.25 bits per heavy atom. The van der Waals surface area contributed by atoms with Gasteiger partial charge in [-0.25, -0.2) is 4.90 Å². The fourth-order valence-electron chi connectivity index (χ4n) is 3.11. The van der Waals surface area contributed by atoms with Crippen molar-refractivity contribution < 1.29 is 9.59 Å². The highest BCUT2D eigenvalue weighted by atomic mass is 32.2. The second kappa shape index (κ2) is 7.49. The van der Waals surface area contributed by atoms with Crippen molar-refractivity contribution in [2.45, 2.75) is 18.7 Å². The van der Waals surface area contributed by atoms with E-state index in [0.29, 0.717) is 16.2 Å². The molecular weight excluding hydrogens is 366 g/mol. The predicted molar refractivity (Wildman–Crippen MR) is 114 cm³/mol. The summed E-state index contributed by atoms with van der Waals surface area (Å²) < 4.78 is 0. The van der Waals surface area contributed by atoms with Gasteiger partial charge in [0.2, 0.25) is 0 Å². The van der Waals surface area contributed by atoms with Crippen molar-refractivity contribution in [3.63, 3.8) is 0 Å². The summed E-state index contributed by atoms with van der Waals surface area (Å²) in [7, 11) is 0. The first kappa shape index (κ1) is 18.3. The van der Waals surface area contributed by atoms with Crippen LogP contribution in [-0.2, 0) is 9.59 Å². The lowest BCUT2D eigenvalue weighted by molar-refractivity contribution is -0.119. The summed E-state index contributed by atoms with van der Waals surface area (Å²) in [6, 6.07) is 24.8. The highest BCUT2D eigenvalue weighted by molar-refractivity contribution is 8.04. The number of anilines is 1. The number of hydrogen-bond donors (Lipinski definition) is 0. The number of carbonyl (C=O) groups is 2. The van der Waals surface area contributed by atoms with Crippen LogP contribution in [0.3, 0.4) is 0 Å². The maximum atomic E-state index is 13.3. The van der Waals surface area contributed by atoms with Gasteiger partial charge < -0.3 is 0 Å². The number of aryl methyl sites for hydroxylation is 2. The van der Waals surface area contributed by atoms with Crippen LogP contribution in [0.5, 0.6) is 0 Å². The van der Waals surface area contributed by atoms with Crippen molar-refractivity contribution in [3.8, 4) is 0 Å². The molecule has 3 aromatic carbocycles. The molecule has 4 heteroatoms. The van der Waals surface area contributed by atoms with Gasteiger partial charge >= 0.3 is 0 Å². The number of thioether (sulfide) groups is 1. The lowest BCUT2D eigenvalue weighted by Gasteiger charge is -2.15. The summed E-state index contributed by atoms with van der Waals surface area (Å²) in [6.07, 6.45) is 0. The van der Waals surface area contributed by atoms with Crippen LogP contribution in [-0.4, -0.2) is 11.8 Å². The largest absolute Gasteiger partial charge is 0.272 e. The Labute approximate surface area is 168 Å². The molecule has 1 heterocycles. The number of carbonyl (C=O) groups excluding carboxylic acids is 2. The van der Waals surface area contributed by atoms with Gasteiger partial charge in [0.15, 0.2) is 0 Å². The summed E-state index contributed by atoms with van der Waals surface area (Å²) >= 11 is 1.34. The maximum absolute atomic E-state index is 13.3. The van der Waals surface area contributed by atoms with Crippen LogP contribution < -0.4 is 4.90 Å². The number of rotatable bonds is 4. The summed E-state index contributed by atoms with van der Waals surface area (Å²) in [5.41, 5.74) is 3.99. The van der Waals surface area contributed by atoms with Crippen molar-refractivity contribution in [1.29, 1.82) is 0 Å². The average Bonchev–Trinajstić information content (AvgIpc) is 2.94. The molecule has 0 saturated heterocycles. The molecule has 28 heavy (non-hydrogen) atoms. The first-order valence-electron chi connectivity index (χ1n) is 9.04. The van der Waals surface area contributed by atoms with Crippen LogP contribution in [0.15, 0.2) is 88.7 Å². The second-order valence-corrected chi connectivity index (χ2v) is 7.85. The van der Waals surface area contributed by atoms with Crippen LogP contribution in [0.4, 0.5) is 5.69 Å². The maximum Gasteiger partial charge on any atom is 0.272 e. The fourth-order valence-corrected chi connectivity index (χ4v) is 4.13. The highest BCUT2D eigenvalue weighted by Gasteiger charge is 2.40. The van der Waals surface area contributed by atoms with Crippen molar-refractivity contribution in [1.82, 2.24) is 0 Å². The highest BCUT2D eigenvalue weighted by Crippen LogP contribution is 2.41. The summed E-state index contributed by atoms with van der Waals surface area (Å²) in [5.74, 6) is -0.561. The van der Waals surface area contributed by atoms with Crippen LogP contribution >= 0.6 is 11.8 Å². The number of hydrogen-bond acceptors (Lipinski definition) is 3. The average molecular weight is 385 g/mol. The molecule has 0 aromatic heterocycles. The van der Waals surface area contributed by atoms with E-state index in [-0.39, 0.29) is 11.8 Å². The van der Waals surface area contributed by atoms with Crippen molar-refractivity contribution >= 4 is 34.8 Å². The molecule has 1 aliphatic rings. The zero-order chi connectivity index (χ0) is 19.7. The molecule has 3 aromatic rings. The Balaban J connectivity index is 1.81. The topological polar surface area (TPSA) is 37.4 Å². The molecule has 0 N–H and O–H groups in total. The summed E-state index contributed by atoms with van der Waals surface area (Å²) in [4.78, 5) is 29.3. The van der Waals surface area contributed by atoms with E-state index < -0.39 is 0 Å². The standard InChI is InChI=1S/C24H19NO2S/c1-16-8-12-18(13-9-16)21-22(28-20-6-4-3-5-7-20)24(27)25(23(21)26)19-14-10-17(2)11-15-19/h3-15H,1-2H3. The number of nitrogens with zero attached hydrogens (tertiary/aromatic N) is 1. The molecule has 0 fully saturated rings. The summed E-state index contributed by atoms with van der Waals surface area (Å²) in [6.45, 7) is 3.97. The van der Waals surface area contributed by atoms with Gasteiger partial charge in [-0.2, -0.15) is 0 Å². The van der Waals surface area contributed by atoms with E-state index in [1.54, 1.807) is 0 Å². The van der Waals surface area contributed by atoms with E-state index in [2.05, 4.69) is 0 Å². The first-order chi connectivity index (χ1) is 13.5. The second-order valence-electron chi connectivity index (χ2n) is 6.77. The van der Waals surface area contributed by atoms with E-state index >= 15 is 0 Å². The zero-order valence-corrected chi connectivity index (χ0v) is 16.5. The fraction of sp³-hybridized carbons (Fsp3) is 0.0833. The Bertz CT molecular complexity index is 1070. The van der Waals surface area contributed by atoms with E-state index in [4.69, 9.17) is 0 Å². The Morgan fingerprint density at radius 3 is 1.86 bits per heavy atom. The smallest absolute Gasteiger partial charge is 0.268 e. The molecule has 1 aliphatic heterocycles. The molecule has 4 rings (SSSR count). The van der Waals surface area contributed by atoms with Crippen molar-refractivity contribution in [3.05, 3.63) is 100 Å². The number of imide groups is 1. The zero-order valence-electron chi connectivity index (χ0n) is 15.7. The molecule has 3 nitrogen and oxygen atoms in total. The monoisotopic (exact) mass is 385 g/mol. The van der Waals surface area contributed by atoms with E-state index in [9.17, 15) is 9.59 Å². The minimum Gasteiger partial charge on any atom is -0.268 e. The first-order valence-corrected chi connectivity index (χ1v) is 9.86. The van der Waals surface area contributed by atoms with Crippen LogP contribution in [0, 0.1) is 13.8 Å². The van der Waals surface area contributed by atoms with Gasteiger partial charge in [-0.05, 0) is 43.7 Å². The van der Waals surface area contributed by atoms with Crippen LogP contribution in [0.1, 0.15) is 16.7 Å². The van der Waals surface area contributed by atoms with Gasteiger partial charge in [0.05, 0.1) is 16.2 Å². The number of benzene rings is 3. The molecule has 0 saturated carbocycles. The van der Waals surface area contributed by atoms with E-state index in [1.807, 2.05) is 92.7 Å². The molecule has 0 atom stereocenters. The molecule has 0 spiro atoms. The third-order valence-corrected chi connectivity index (χ3v) is 5.73. The Morgan fingerprint density at radius 1 is 0.679 bits per heavy atom. The van der Waals surface area contributed by atoms with E-state index in [1.165, 1.54) is 16.7 Å². The minimum absolute atomic E-state index is 0.279. The Hall–Kier alpha value is -3.11. The van der Waals surface area contributed by atoms with Crippen LogP contribution in [0.25, 0.3) is 5.57 Å². The lowest BCUT2D eigenvalue weighted by atomic mass is 10.0. The molecule has 0 radical (unpaired) electrons. The van der Waals surface area contributed by atoms with Gasteiger partial charge in [0, 0.05) is 4.90 Å². The van der Waals surface area contributed by atoms with E-state index in [0.717, 1.165) is 21.6 Å². The SMILES string of the molecule is Cc1ccc(C2=C(Sc3ccccc3)C(=O)N(c3ccc(C)cc3)C2=O)cc1.